The SMILES string of the molecule is CC1(C(C)(O)C2CCOC3(CCSC3)C2)CC1. The van der Waals surface area contributed by atoms with Gasteiger partial charge in [0.2, 0.25) is 0 Å². The summed E-state index contributed by atoms with van der Waals surface area (Å²) in [6.07, 6.45) is 5.68. The number of thioether (sulfide) groups is 1. The third-order valence-electron chi connectivity index (χ3n) is 5.58. The van der Waals surface area contributed by atoms with Crippen LogP contribution in [0.5, 0.6) is 0 Å². The van der Waals surface area contributed by atoms with Crippen molar-refractivity contribution in [2.24, 2.45) is 11.3 Å². The molecule has 2 aliphatic heterocycles. The van der Waals surface area contributed by atoms with Crippen LogP contribution in [-0.2, 0) is 4.74 Å². The maximum Gasteiger partial charge on any atom is 0.0784 e. The third-order valence-corrected chi connectivity index (χ3v) is 6.80. The zero-order valence-corrected chi connectivity index (χ0v) is 11.8. The van der Waals surface area contributed by atoms with Gasteiger partial charge in [-0.15, -0.1) is 0 Å². The second kappa shape index (κ2) is 3.88. The topological polar surface area (TPSA) is 29.5 Å². The molecule has 0 aromatic heterocycles. The summed E-state index contributed by atoms with van der Waals surface area (Å²) in [6.45, 7) is 5.17. The van der Waals surface area contributed by atoms with E-state index in [-0.39, 0.29) is 11.0 Å². The average Bonchev–Trinajstić information content (AvgIpc) is 2.91. The van der Waals surface area contributed by atoms with Crippen LogP contribution in [0.3, 0.4) is 0 Å². The van der Waals surface area contributed by atoms with Gasteiger partial charge in [-0.2, -0.15) is 11.8 Å². The Hall–Kier alpha value is 0.270. The van der Waals surface area contributed by atoms with Gasteiger partial charge in [-0.25, -0.2) is 0 Å². The molecule has 2 heterocycles. The molecule has 17 heavy (non-hydrogen) atoms. The maximum atomic E-state index is 10.9. The van der Waals surface area contributed by atoms with Gasteiger partial charge >= 0.3 is 0 Å². The van der Waals surface area contributed by atoms with Crippen LogP contribution < -0.4 is 0 Å². The first-order valence-corrected chi connectivity index (χ1v) is 8.07. The van der Waals surface area contributed by atoms with Crippen molar-refractivity contribution in [3.8, 4) is 0 Å². The second-order valence-electron chi connectivity index (χ2n) is 6.73. The largest absolute Gasteiger partial charge is 0.389 e. The predicted molar refractivity (Wildman–Crippen MR) is 71.3 cm³/mol. The second-order valence-corrected chi connectivity index (χ2v) is 7.84. The van der Waals surface area contributed by atoms with Gasteiger partial charge in [0.1, 0.15) is 0 Å². The molecule has 0 aromatic rings. The van der Waals surface area contributed by atoms with Gasteiger partial charge in [0.15, 0.2) is 0 Å². The first-order valence-electron chi connectivity index (χ1n) is 6.92. The van der Waals surface area contributed by atoms with Crippen LogP contribution in [0, 0.1) is 11.3 Å². The van der Waals surface area contributed by atoms with Crippen molar-refractivity contribution in [2.45, 2.75) is 57.2 Å². The Balaban J connectivity index is 1.75. The lowest BCUT2D eigenvalue weighted by molar-refractivity contribution is -0.147. The number of ether oxygens (including phenoxy) is 1. The summed E-state index contributed by atoms with van der Waals surface area (Å²) in [5.74, 6) is 2.80. The van der Waals surface area contributed by atoms with Gasteiger partial charge in [0, 0.05) is 12.4 Å². The molecule has 0 amide bonds. The fourth-order valence-electron chi connectivity index (χ4n) is 3.56. The third kappa shape index (κ3) is 1.95. The van der Waals surface area contributed by atoms with Gasteiger partial charge in [0.05, 0.1) is 11.2 Å². The molecule has 3 atom stereocenters. The predicted octanol–water partition coefficient (Wildman–Crippen LogP) is 2.84. The van der Waals surface area contributed by atoms with E-state index in [1.807, 2.05) is 11.8 Å². The molecule has 1 aliphatic carbocycles. The van der Waals surface area contributed by atoms with Crippen LogP contribution in [0.2, 0.25) is 0 Å². The Morgan fingerprint density at radius 3 is 2.71 bits per heavy atom. The summed E-state index contributed by atoms with van der Waals surface area (Å²) in [5.41, 5.74) is -0.207. The number of hydrogen-bond acceptors (Lipinski definition) is 3. The maximum absolute atomic E-state index is 10.9. The molecule has 0 aromatic carbocycles. The number of hydrogen-bond donors (Lipinski definition) is 1. The summed E-state index contributed by atoms with van der Waals surface area (Å²) in [4.78, 5) is 0. The van der Waals surface area contributed by atoms with Crippen LogP contribution in [0.4, 0.5) is 0 Å². The summed E-state index contributed by atoms with van der Waals surface area (Å²) in [5, 5.41) is 10.9. The van der Waals surface area contributed by atoms with E-state index in [4.69, 9.17) is 4.74 Å². The molecule has 3 fully saturated rings. The van der Waals surface area contributed by atoms with Gasteiger partial charge < -0.3 is 9.84 Å². The smallest absolute Gasteiger partial charge is 0.0784 e. The summed E-state index contributed by atoms with van der Waals surface area (Å²) < 4.78 is 6.05. The fraction of sp³-hybridized carbons (Fsp3) is 1.00. The van der Waals surface area contributed by atoms with E-state index in [2.05, 4.69) is 13.8 Å². The molecule has 1 N–H and O–H groups in total. The zero-order chi connectivity index (χ0) is 12.1. The lowest BCUT2D eigenvalue weighted by Gasteiger charge is -2.46. The van der Waals surface area contributed by atoms with E-state index >= 15 is 0 Å². The van der Waals surface area contributed by atoms with E-state index < -0.39 is 5.60 Å². The molecule has 0 radical (unpaired) electrons. The normalized spacial score (nSPS) is 43.6. The summed E-state index contributed by atoms with van der Waals surface area (Å²) in [6, 6.07) is 0. The lowest BCUT2D eigenvalue weighted by Crippen LogP contribution is -2.50. The van der Waals surface area contributed by atoms with Gasteiger partial charge in [-0.05, 0) is 56.1 Å². The van der Waals surface area contributed by atoms with Gasteiger partial charge in [-0.1, -0.05) is 6.92 Å². The molecule has 3 unspecified atom stereocenters. The molecule has 1 saturated carbocycles. The molecular weight excluding hydrogens is 232 g/mol. The Morgan fingerprint density at radius 1 is 1.35 bits per heavy atom. The van der Waals surface area contributed by atoms with E-state index in [0.717, 1.165) is 25.2 Å². The molecular formula is C14H24O2S. The van der Waals surface area contributed by atoms with Crippen molar-refractivity contribution in [3.05, 3.63) is 0 Å². The molecule has 1 spiro atoms. The minimum absolute atomic E-state index is 0.100. The molecule has 3 rings (SSSR count). The molecule has 2 saturated heterocycles. The van der Waals surface area contributed by atoms with E-state index in [9.17, 15) is 5.11 Å². The van der Waals surface area contributed by atoms with E-state index in [1.165, 1.54) is 25.0 Å². The van der Waals surface area contributed by atoms with Crippen molar-refractivity contribution in [1.82, 2.24) is 0 Å². The fourth-order valence-corrected chi connectivity index (χ4v) is 4.94. The van der Waals surface area contributed by atoms with Crippen molar-refractivity contribution in [2.75, 3.05) is 18.1 Å². The van der Waals surface area contributed by atoms with E-state index in [1.54, 1.807) is 0 Å². The summed E-state index contributed by atoms with van der Waals surface area (Å²) >= 11 is 2.01. The van der Waals surface area contributed by atoms with Gasteiger partial charge in [-0.3, -0.25) is 0 Å². The molecule has 3 heteroatoms. The van der Waals surface area contributed by atoms with Crippen LogP contribution in [0.15, 0.2) is 0 Å². The van der Waals surface area contributed by atoms with E-state index in [0.29, 0.717) is 5.92 Å². The average molecular weight is 256 g/mol. The molecule has 0 bridgehead atoms. The van der Waals surface area contributed by atoms with Crippen LogP contribution in [0.1, 0.15) is 46.0 Å². The number of aliphatic hydroxyl groups is 1. The Morgan fingerprint density at radius 2 is 2.12 bits per heavy atom. The summed E-state index contributed by atoms with van der Waals surface area (Å²) in [7, 11) is 0. The minimum Gasteiger partial charge on any atom is -0.389 e. The van der Waals surface area contributed by atoms with Crippen LogP contribution in [0.25, 0.3) is 0 Å². The highest BCUT2D eigenvalue weighted by Gasteiger charge is 2.57. The van der Waals surface area contributed by atoms with Crippen molar-refractivity contribution < 1.29 is 9.84 Å². The van der Waals surface area contributed by atoms with Crippen LogP contribution >= 0.6 is 11.8 Å². The standard InChI is InChI=1S/C14H24O2S/c1-12(4-5-12)13(2,15)11-3-7-16-14(9-11)6-8-17-10-14/h11,15H,3-10H2,1-2H3. The number of rotatable bonds is 2. The van der Waals surface area contributed by atoms with Crippen molar-refractivity contribution in [3.63, 3.8) is 0 Å². The highest BCUT2D eigenvalue weighted by molar-refractivity contribution is 7.99. The Labute approximate surface area is 108 Å². The zero-order valence-electron chi connectivity index (χ0n) is 11.0. The molecule has 98 valence electrons. The Bertz CT molecular complexity index is 303. The van der Waals surface area contributed by atoms with Crippen molar-refractivity contribution >= 4 is 11.8 Å². The van der Waals surface area contributed by atoms with Crippen molar-refractivity contribution in [1.29, 1.82) is 0 Å². The van der Waals surface area contributed by atoms with Gasteiger partial charge in [0.25, 0.3) is 0 Å². The lowest BCUT2D eigenvalue weighted by atomic mass is 9.69. The first-order chi connectivity index (χ1) is 7.98. The monoisotopic (exact) mass is 256 g/mol. The quantitative estimate of drug-likeness (QED) is 0.824. The highest BCUT2D eigenvalue weighted by atomic mass is 32.2. The van der Waals surface area contributed by atoms with Crippen LogP contribution in [-0.4, -0.2) is 34.4 Å². The highest BCUT2D eigenvalue weighted by Crippen LogP contribution is 2.59. The minimum atomic E-state index is -0.489. The molecule has 3 aliphatic rings. The Kier molecular flexibility index (Phi) is 2.81. The molecule has 2 nitrogen and oxygen atoms in total. The first kappa shape index (κ1) is 12.3.